The lowest BCUT2D eigenvalue weighted by Gasteiger charge is -2.39. The number of nitrogens with zero attached hydrogens (tertiary/aromatic N) is 1. The molecule has 1 saturated heterocycles. The largest absolute Gasteiger partial charge is 0.369 e. The molecule has 1 aliphatic carbocycles. The molecule has 1 aliphatic heterocycles. The van der Waals surface area contributed by atoms with Gasteiger partial charge >= 0.3 is 0 Å². The second-order valence-corrected chi connectivity index (χ2v) is 9.73. The Balaban J connectivity index is 0.00000289. The van der Waals surface area contributed by atoms with Crippen molar-refractivity contribution in [2.45, 2.75) is 57.5 Å². The maximum atomic E-state index is 6.72. The second kappa shape index (κ2) is 12.2. The molecule has 0 amide bonds. The first-order chi connectivity index (χ1) is 16.7. The van der Waals surface area contributed by atoms with E-state index in [2.05, 4.69) is 84.6 Å². The standard InChI is InChI=1S/C30H35NO3.ClH/c1-30(34-23-27-15-9-4-10-16-27)29(33-22-26-13-7-3-8-14-26)28(20-31(30)19-24-17-18-24)32-21-25-11-5-2-6-12-25;/h2-16,24,28-29H,17-23H2,1H3;1H/t28-,29-,30-;/m1./s1. The molecule has 5 heteroatoms. The SMILES string of the molecule is C[C@@]1(OCc2ccccc2)[C@H](OCc2ccccc2)[C@H](OCc2ccccc2)CN1CC1CC1.Cl. The summed E-state index contributed by atoms with van der Waals surface area (Å²) in [6, 6.07) is 31.2. The number of hydrogen-bond acceptors (Lipinski definition) is 4. The number of benzene rings is 3. The summed E-state index contributed by atoms with van der Waals surface area (Å²) in [6.07, 6.45) is 2.34. The van der Waals surface area contributed by atoms with Crippen LogP contribution in [0.25, 0.3) is 0 Å². The third-order valence-electron chi connectivity index (χ3n) is 7.02. The Hall–Kier alpha value is -2.21. The quantitative estimate of drug-likeness (QED) is 0.316. The van der Waals surface area contributed by atoms with Crippen molar-refractivity contribution in [3.63, 3.8) is 0 Å². The van der Waals surface area contributed by atoms with Gasteiger partial charge in [-0.3, -0.25) is 4.90 Å². The topological polar surface area (TPSA) is 30.9 Å². The fourth-order valence-corrected chi connectivity index (χ4v) is 4.80. The smallest absolute Gasteiger partial charge is 0.148 e. The average molecular weight is 494 g/mol. The fraction of sp³-hybridized carbons (Fsp3) is 0.400. The van der Waals surface area contributed by atoms with Crippen molar-refractivity contribution in [2.24, 2.45) is 5.92 Å². The minimum atomic E-state index is -0.561. The number of rotatable bonds is 11. The maximum absolute atomic E-state index is 6.72. The van der Waals surface area contributed by atoms with Gasteiger partial charge in [0.05, 0.1) is 19.8 Å². The predicted molar refractivity (Wildman–Crippen MR) is 141 cm³/mol. The van der Waals surface area contributed by atoms with E-state index < -0.39 is 5.72 Å². The van der Waals surface area contributed by atoms with E-state index >= 15 is 0 Å². The Labute approximate surface area is 215 Å². The molecule has 2 aliphatic rings. The van der Waals surface area contributed by atoms with Crippen LogP contribution in [0.3, 0.4) is 0 Å². The van der Waals surface area contributed by atoms with E-state index in [0.717, 1.165) is 24.6 Å². The molecule has 3 aromatic rings. The molecule has 0 radical (unpaired) electrons. The van der Waals surface area contributed by atoms with Crippen molar-refractivity contribution in [1.82, 2.24) is 4.90 Å². The summed E-state index contributed by atoms with van der Waals surface area (Å²) in [4.78, 5) is 2.47. The Bertz CT molecular complexity index is 1020. The van der Waals surface area contributed by atoms with Crippen LogP contribution in [0, 0.1) is 5.92 Å². The van der Waals surface area contributed by atoms with E-state index in [0.29, 0.717) is 19.8 Å². The minimum absolute atomic E-state index is 0. The molecule has 2 fully saturated rings. The molecule has 0 aromatic heterocycles. The summed E-state index contributed by atoms with van der Waals surface area (Å²) < 4.78 is 19.9. The number of ether oxygens (including phenoxy) is 3. The first kappa shape index (κ1) is 25.9. The lowest BCUT2D eigenvalue weighted by atomic mass is 10.1. The summed E-state index contributed by atoms with van der Waals surface area (Å²) in [7, 11) is 0. The summed E-state index contributed by atoms with van der Waals surface area (Å²) in [5.74, 6) is 0.752. The van der Waals surface area contributed by atoms with Gasteiger partial charge in [0.2, 0.25) is 0 Å². The van der Waals surface area contributed by atoms with Crippen molar-refractivity contribution in [2.75, 3.05) is 13.1 Å². The first-order valence-corrected chi connectivity index (χ1v) is 12.4. The van der Waals surface area contributed by atoms with E-state index in [1.54, 1.807) is 0 Å². The zero-order valence-electron chi connectivity index (χ0n) is 20.4. The zero-order chi connectivity index (χ0) is 23.2. The van der Waals surface area contributed by atoms with Crippen LogP contribution in [0.4, 0.5) is 0 Å². The van der Waals surface area contributed by atoms with Gasteiger partial charge in [-0.2, -0.15) is 0 Å². The lowest BCUT2D eigenvalue weighted by Crippen LogP contribution is -2.52. The number of halogens is 1. The molecule has 3 aromatic carbocycles. The van der Waals surface area contributed by atoms with Gasteiger partial charge in [0, 0.05) is 13.1 Å². The van der Waals surface area contributed by atoms with Crippen LogP contribution in [0.15, 0.2) is 91.0 Å². The minimum Gasteiger partial charge on any atom is -0.369 e. The van der Waals surface area contributed by atoms with E-state index in [1.165, 1.54) is 24.0 Å². The zero-order valence-corrected chi connectivity index (χ0v) is 21.2. The van der Waals surface area contributed by atoms with E-state index in [1.807, 2.05) is 18.2 Å². The van der Waals surface area contributed by atoms with E-state index in [-0.39, 0.29) is 24.6 Å². The molecule has 35 heavy (non-hydrogen) atoms. The van der Waals surface area contributed by atoms with Crippen LogP contribution >= 0.6 is 12.4 Å². The molecule has 0 unspecified atom stereocenters. The highest BCUT2D eigenvalue weighted by atomic mass is 35.5. The van der Waals surface area contributed by atoms with Crippen molar-refractivity contribution >= 4 is 12.4 Å². The van der Waals surface area contributed by atoms with Gasteiger partial charge < -0.3 is 14.2 Å². The molecule has 3 atom stereocenters. The maximum Gasteiger partial charge on any atom is 0.148 e. The lowest BCUT2D eigenvalue weighted by molar-refractivity contribution is -0.207. The van der Waals surface area contributed by atoms with Crippen molar-refractivity contribution < 1.29 is 14.2 Å². The third-order valence-corrected chi connectivity index (χ3v) is 7.02. The van der Waals surface area contributed by atoms with Crippen molar-refractivity contribution in [3.05, 3.63) is 108 Å². The third kappa shape index (κ3) is 6.72. The molecule has 1 saturated carbocycles. The molecule has 0 spiro atoms. The molecule has 4 nitrogen and oxygen atoms in total. The van der Waals surface area contributed by atoms with Crippen LogP contribution < -0.4 is 0 Å². The molecule has 186 valence electrons. The van der Waals surface area contributed by atoms with Crippen molar-refractivity contribution in [3.8, 4) is 0 Å². The summed E-state index contributed by atoms with van der Waals surface area (Å²) in [6.45, 7) is 5.70. The Morgan fingerprint density at radius 2 is 1.20 bits per heavy atom. The normalized spacial score (nSPS) is 24.3. The van der Waals surface area contributed by atoms with Crippen LogP contribution in [0.1, 0.15) is 36.5 Å². The molecule has 0 bridgehead atoms. The highest BCUT2D eigenvalue weighted by Gasteiger charge is 2.54. The van der Waals surface area contributed by atoms with Gasteiger partial charge in [0.15, 0.2) is 0 Å². The van der Waals surface area contributed by atoms with Crippen LogP contribution in [-0.4, -0.2) is 35.9 Å². The van der Waals surface area contributed by atoms with Crippen molar-refractivity contribution in [1.29, 1.82) is 0 Å². The fourth-order valence-electron chi connectivity index (χ4n) is 4.80. The predicted octanol–water partition coefficient (Wildman–Crippen LogP) is 6.24. The van der Waals surface area contributed by atoms with Gasteiger partial charge in [0.25, 0.3) is 0 Å². The molecule has 5 rings (SSSR count). The van der Waals surface area contributed by atoms with Crippen LogP contribution in [-0.2, 0) is 34.0 Å². The summed E-state index contributed by atoms with van der Waals surface area (Å²) >= 11 is 0. The molecule has 1 heterocycles. The Morgan fingerprint density at radius 3 is 1.71 bits per heavy atom. The van der Waals surface area contributed by atoms with E-state index in [4.69, 9.17) is 14.2 Å². The monoisotopic (exact) mass is 493 g/mol. The number of hydrogen-bond donors (Lipinski definition) is 0. The van der Waals surface area contributed by atoms with Gasteiger partial charge in [-0.25, -0.2) is 0 Å². The average Bonchev–Trinajstić information content (AvgIpc) is 3.67. The highest BCUT2D eigenvalue weighted by molar-refractivity contribution is 5.85. The van der Waals surface area contributed by atoms with Gasteiger partial charge in [-0.1, -0.05) is 91.0 Å². The first-order valence-electron chi connectivity index (χ1n) is 12.4. The van der Waals surface area contributed by atoms with Crippen LogP contribution in [0.2, 0.25) is 0 Å². The highest BCUT2D eigenvalue weighted by Crippen LogP contribution is 2.40. The Kier molecular flexibility index (Phi) is 8.99. The number of likely N-dealkylation sites (tertiary alicyclic amines) is 1. The molecular formula is C30H36ClNO3. The van der Waals surface area contributed by atoms with Crippen LogP contribution in [0.5, 0.6) is 0 Å². The molecular weight excluding hydrogens is 458 g/mol. The summed E-state index contributed by atoms with van der Waals surface area (Å²) in [5, 5.41) is 0. The summed E-state index contributed by atoms with van der Waals surface area (Å²) in [5.41, 5.74) is 2.95. The van der Waals surface area contributed by atoms with Gasteiger partial charge in [-0.05, 0) is 42.4 Å². The van der Waals surface area contributed by atoms with E-state index in [9.17, 15) is 0 Å². The van der Waals surface area contributed by atoms with Gasteiger partial charge in [0.1, 0.15) is 17.9 Å². The molecule has 0 N–H and O–H groups in total. The van der Waals surface area contributed by atoms with Gasteiger partial charge in [-0.15, -0.1) is 12.4 Å². The second-order valence-electron chi connectivity index (χ2n) is 9.73. The Morgan fingerprint density at radius 1 is 0.714 bits per heavy atom.